The van der Waals surface area contributed by atoms with E-state index < -0.39 is 10.0 Å². The van der Waals surface area contributed by atoms with Crippen LogP contribution in [0.15, 0.2) is 59.5 Å². The molecule has 0 unspecified atom stereocenters. The van der Waals surface area contributed by atoms with Gasteiger partial charge in [0.15, 0.2) is 0 Å². The summed E-state index contributed by atoms with van der Waals surface area (Å²) in [6.07, 6.45) is 0.0228. The van der Waals surface area contributed by atoms with Gasteiger partial charge in [-0.1, -0.05) is 41.9 Å². The van der Waals surface area contributed by atoms with Crippen molar-refractivity contribution in [2.75, 3.05) is 19.7 Å². The van der Waals surface area contributed by atoms with Gasteiger partial charge < -0.3 is 10.1 Å². The Kier molecular flexibility index (Phi) is 7.24. The zero-order valence-corrected chi connectivity index (χ0v) is 15.0. The fraction of sp³-hybridized carbons (Fsp3) is 0.235. The van der Waals surface area contributed by atoms with Gasteiger partial charge in [0.25, 0.3) is 0 Å². The van der Waals surface area contributed by atoms with Crippen molar-refractivity contribution >= 4 is 27.5 Å². The van der Waals surface area contributed by atoms with Gasteiger partial charge in [0.05, 0.1) is 11.6 Å². The first-order chi connectivity index (χ1) is 12.0. The minimum Gasteiger partial charge on any atom is -0.492 e. The first-order valence-electron chi connectivity index (χ1n) is 7.68. The maximum Gasteiger partial charge on any atom is 0.242 e. The van der Waals surface area contributed by atoms with Crippen LogP contribution in [-0.2, 0) is 14.8 Å². The summed E-state index contributed by atoms with van der Waals surface area (Å²) >= 11 is 5.87. The molecule has 0 atom stereocenters. The predicted molar refractivity (Wildman–Crippen MR) is 96.2 cm³/mol. The molecule has 6 nitrogen and oxygen atoms in total. The van der Waals surface area contributed by atoms with E-state index in [0.29, 0.717) is 13.2 Å². The first kappa shape index (κ1) is 19.2. The van der Waals surface area contributed by atoms with Crippen molar-refractivity contribution in [3.8, 4) is 5.75 Å². The number of hydrogen-bond donors (Lipinski definition) is 2. The van der Waals surface area contributed by atoms with Crippen molar-refractivity contribution in [1.29, 1.82) is 0 Å². The molecule has 2 rings (SSSR count). The molecule has 1 amide bonds. The summed E-state index contributed by atoms with van der Waals surface area (Å²) in [5, 5.41) is 2.80. The van der Waals surface area contributed by atoms with E-state index in [-0.39, 0.29) is 28.8 Å². The van der Waals surface area contributed by atoms with Crippen LogP contribution < -0.4 is 14.8 Å². The molecule has 2 aromatic carbocycles. The molecule has 0 bridgehead atoms. The minimum atomic E-state index is -3.73. The van der Waals surface area contributed by atoms with Crippen molar-refractivity contribution in [2.24, 2.45) is 0 Å². The number of amides is 1. The molecule has 0 heterocycles. The smallest absolute Gasteiger partial charge is 0.242 e. The molecule has 2 aromatic rings. The van der Waals surface area contributed by atoms with Crippen LogP contribution in [0.3, 0.4) is 0 Å². The number of halogens is 1. The van der Waals surface area contributed by atoms with Gasteiger partial charge in [0, 0.05) is 13.0 Å². The SMILES string of the molecule is O=C(CCNS(=O)(=O)c1ccccc1Cl)NCCOc1ccccc1. The highest BCUT2D eigenvalue weighted by Gasteiger charge is 2.17. The second kappa shape index (κ2) is 9.41. The number of ether oxygens (including phenoxy) is 1. The maximum absolute atomic E-state index is 12.1. The van der Waals surface area contributed by atoms with E-state index in [0.717, 1.165) is 5.75 Å². The number of sulfonamides is 1. The molecule has 0 saturated carbocycles. The Morgan fingerprint density at radius 3 is 2.40 bits per heavy atom. The van der Waals surface area contributed by atoms with Crippen LogP contribution in [0.2, 0.25) is 5.02 Å². The highest BCUT2D eigenvalue weighted by molar-refractivity contribution is 7.89. The van der Waals surface area contributed by atoms with Gasteiger partial charge in [0.1, 0.15) is 17.3 Å². The third-order valence-corrected chi connectivity index (χ3v) is 5.17. The van der Waals surface area contributed by atoms with E-state index in [1.165, 1.54) is 12.1 Å². The van der Waals surface area contributed by atoms with Gasteiger partial charge in [-0.2, -0.15) is 0 Å². The van der Waals surface area contributed by atoms with E-state index in [9.17, 15) is 13.2 Å². The Morgan fingerprint density at radius 1 is 1.00 bits per heavy atom. The fourth-order valence-corrected chi connectivity index (χ4v) is 3.55. The zero-order valence-electron chi connectivity index (χ0n) is 13.4. The molecule has 8 heteroatoms. The number of carbonyl (C=O) groups is 1. The first-order valence-corrected chi connectivity index (χ1v) is 9.54. The predicted octanol–water partition coefficient (Wildman–Crippen LogP) is 2.20. The van der Waals surface area contributed by atoms with Crippen molar-refractivity contribution in [2.45, 2.75) is 11.3 Å². The van der Waals surface area contributed by atoms with Gasteiger partial charge in [-0.3, -0.25) is 4.79 Å². The van der Waals surface area contributed by atoms with E-state index in [2.05, 4.69) is 10.0 Å². The molecule has 0 aliphatic carbocycles. The largest absolute Gasteiger partial charge is 0.492 e. The normalized spacial score (nSPS) is 11.1. The number of carbonyl (C=O) groups excluding carboxylic acids is 1. The molecule has 0 aliphatic rings. The summed E-state index contributed by atoms with van der Waals surface area (Å²) in [5.41, 5.74) is 0. The van der Waals surface area contributed by atoms with Crippen LogP contribution in [0, 0.1) is 0 Å². The highest BCUT2D eigenvalue weighted by Crippen LogP contribution is 2.19. The summed E-state index contributed by atoms with van der Waals surface area (Å²) < 4.78 is 32.0. The Bertz CT molecular complexity index is 797. The lowest BCUT2D eigenvalue weighted by atomic mass is 10.3. The summed E-state index contributed by atoms with van der Waals surface area (Å²) in [5.74, 6) is 0.461. The van der Waals surface area contributed by atoms with Crippen LogP contribution in [0.4, 0.5) is 0 Å². The molecule has 0 spiro atoms. The van der Waals surface area contributed by atoms with Crippen molar-refractivity contribution < 1.29 is 17.9 Å². The molecule has 25 heavy (non-hydrogen) atoms. The van der Waals surface area contributed by atoms with Gasteiger partial charge in [-0.05, 0) is 24.3 Å². The number of nitrogens with one attached hydrogen (secondary N) is 2. The summed E-state index contributed by atoms with van der Waals surface area (Å²) in [7, 11) is -3.73. The fourth-order valence-electron chi connectivity index (χ4n) is 2.00. The van der Waals surface area contributed by atoms with Crippen LogP contribution in [0.1, 0.15) is 6.42 Å². The summed E-state index contributed by atoms with van der Waals surface area (Å²) in [6.45, 7) is 0.658. The quantitative estimate of drug-likeness (QED) is 0.651. The van der Waals surface area contributed by atoms with Crippen LogP contribution >= 0.6 is 11.6 Å². The van der Waals surface area contributed by atoms with Gasteiger partial charge in [0.2, 0.25) is 15.9 Å². The molecule has 0 saturated heterocycles. The minimum absolute atomic E-state index is 0.00617. The topological polar surface area (TPSA) is 84.5 Å². The summed E-state index contributed by atoms with van der Waals surface area (Å²) in [4.78, 5) is 11.7. The zero-order chi connectivity index (χ0) is 18.1. The second-order valence-corrected chi connectivity index (χ2v) is 7.23. The molecular formula is C17H19ClN2O4S. The Balaban J connectivity index is 1.67. The molecule has 0 radical (unpaired) electrons. The molecule has 0 fully saturated rings. The van der Waals surface area contributed by atoms with Crippen LogP contribution in [0.5, 0.6) is 5.75 Å². The lowest BCUT2D eigenvalue weighted by molar-refractivity contribution is -0.121. The Morgan fingerprint density at radius 2 is 1.68 bits per heavy atom. The van der Waals surface area contributed by atoms with E-state index in [4.69, 9.17) is 16.3 Å². The average Bonchev–Trinajstić information content (AvgIpc) is 2.60. The lowest BCUT2D eigenvalue weighted by Gasteiger charge is -2.09. The number of hydrogen-bond acceptors (Lipinski definition) is 4. The van der Waals surface area contributed by atoms with Gasteiger partial charge in [-0.15, -0.1) is 0 Å². The maximum atomic E-state index is 12.1. The third kappa shape index (κ3) is 6.38. The van der Waals surface area contributed by atoms with Crippen LogP contribution in [-0.4, -0.2) is 34.0 Å². The third-order valence-electron chi connectivity index (χ3n) is 3.21. The highest BCUT2D eigenvalue weighted by atomic mass is 35.5. The van der Waals surface area contributed by atoms with Crippen LogP contribution in [0.25, 0.3) is 0 Å². The number of para-hydroxylation sites is 1. The van der Waals surface area contributed by atoms with Gasteiger partial charge >= 0.3 is 0 Å². The van der Waals surface area contributed by atoms with Gasteiger partial charge in [-0.25, -0.2) is 13.1 Å². The molecular weight excluding hydrogens is 364 g/mol. The van der Waals surface area contributed by atoms with E-state index in [1.54, 1.807) is 12.1 Å². The standard InChI is InChI=1S/C17H19ClN2O4S/c18-15-8-4-5-9-16(15)25(22,23)20-11-10-17(21)19-12-13-24-14-6-2-1-3-7-14/h1-9,20H,10-13H2,(H,19,21). The molecule has 0 aromatic heterocycles. The summed E-state index contributed by atoms with van der Waals surface area (Å²) in [6, 6.07) is 15.4. The second-order valence-electron chi connectivity index (χ2n) is 5.09. The molecule has 134 valence electrons. The average molecular weight is 383 g/mol. The van der Waals surface area contributed by atoms with Crippen molar-refractivity contribution in [3.63, 3.8) is 0 Å². The molecule has 2 N–H and O–H groups in total. The molecule has 0 aliphatic heterocycles. The monoisotopic (exact) mass is 382 g/mol. The van der Waals surface area contributed by atoms with E-state index >= 15 is 0 Å². The Labute approximate surface area is 152 Å². The lowest BCUT2D eigenvalue weighted by Crippen LogP contribution is -2.32. The number of rotatable bonds is 9. The van der Waals surface area contributed by atoms with E-state index in [1.807, 2.05) is 30.3 Å². The Hall–Kier alpha value is -2.09. The number of benzene rings is 2. The van der Waals surface area contributed by atoms with Crippen molar-refractivity contribution in [1.82, 2.24) is 10.0 Å². The van der Waals surface area contributed by atoms with Crippen molar-refractivity contribution in [3.05, 3.63) is 59.6 Å².